The van der Waals surface area contributed by atoms with Crippen molar-refractivity contribution in [2.75, 3.05) is 0 Å². The third-order valence-electron chi connectivity index (χ3n) is 7.30. The van der Waals surface area contributed by atoms with E-state index in [1.807, 2.05) is 84.9 Å². The fourth-order valence-corrected chi connectivity index (χ4v) is 5.08. The quantitative estimate of drug-likeness (QED) is 0.0559. The first-order chi connectivity index (χ1) is 24.2. The number of fused-ring (bicyclic) bond motifs is 4. The number of benzene rings is 6. The van der Waals surface area contributed by atoms with Gasteiger partial charge in [-0.25, -0.2) is 28.8 Å². The summed E-state index contributed by atoms with van der Waals surface area (Å²) in [4.78, 5) is 72.6. The molecule has 0 aliphatic carbocycles. The van der Waals surface area contributed by atoms with E-state index in [1.165, 1.54) is 0 Å². The van der Waals surface area contributed by atoms with Gasteiger partial charge in [0, 0.05) is 47.2 Å². The SMILES string of the molecule is O=C(/C=C/C(=O)OC(=O)/C=C/C(=O)Oc1cccc2cc3ccccc3cc12)OC(=O)/C=C/C(=O)Oc1cccc2cc3ccccc3cc12.[NaH].[NaH].[NaH].[NaH]. The summed E-state index contributed by atoms with van der Waals surface area (Å²) in [7, 11) is 0. The number of rotatable bonds is 8. The van der Waals surface area contributed by atoms with Gasteiger partial charge in [-0.1, -0.05) is 72.8 Å². The molecule has 0 aromatic heterocycles. The maximum atomic E-state index is 12.4. The third-order valence-corrected chi connectivity index (χ3v) is 7.30. The second-order valence-corrected chi connectivity index (χ2v) is 10.7. The molecule has 0 aliphatic heterocycles. The van der Waals surface area contributed by atoms with Gasteiger partial charge in [-0.15, -0.1) is 0 Å². The average molecular weight is 761 g/mol. The van der Waals surface area contributed by atoms with Crippen LogP contribution >= 0.6 is 0 Å². The van der Waals surface area contributed by atoms with Crippen LogP contribution in [0.2, 0.25) is 0 Å². The number of hydrogen-bond acceptors (Lipinski definition) is 10. The van der Waals surface area contributed by atoms with E-state index < -0.39 is 35.8 Å². The molecule has 0 amide bonds. The zero-order valence-corrected chi connectivity index (χ0v) is 25.9. The Balaban J connectivity index is 0.00000252. The molecule has 0 bridgehead atoms. The maximum absolute atomic E-state index is 12.4. The Bertz CT molecular complexity index is 2300. The average Bonchev–Trinajstić information content (AvgIpc) is 3.11. The first-order valence-electron chi connectivity index (χ1n) is 15.0. The van der Waals surface area contributed by atoms with Crippen molar-refractivity contribution < 1.29 is 47.7 Å². The van der Waals surface area contributed by atoms with Gasteiger partial charge in [0.25, 0.3) is 0 Å². The molecule has 6 aromatic carbocycles. The molecule has 0 fully saturated rings. The molecule has 10 nitrogen and oxygen atoms in total. The van der Waals surface area contributed by atoms with Gasteiger partial charge < -0.3 is 18.9 Å². The van der Waals surface area contributed by atoms with Crippen LogP contribution in [-0.4, -0.2) is 154 Å². The Morgan fingerprint density at radius 1 is 0.333 bits per heavy atom. The van der Waals surface area contributed by atoms with Crippen molar-refractivity contribution in [1.82, 2.24) is 0 Å². The first-order valence-corrected chi connectivity index (χ1v) is 15.0. The Morgan fingerprint density at radius 3 is 0.944 bits per heavy atom. The van der Waals surface area contributed by atoms with Crippen molar-refractivity contribution >= 4 is 197 Å². The van der Waals surface area contributed by atoms with Gasteiger partial charge >= 0.3 is 154 Å². The Kier molecular flexibility index (Phi) is 19.5. The summed E-state index contributed by atoms with van der Waals surface area (Å²) in [5, 5.41) is 7.00. The van der Waals surface area contributed by atoms with Gasteiger partial charge in [0.2, 0.25) is 0 Å². The van der Waals surface area contributed by atoms with Crippen molar-refractivity contribution in [3.05, 3.63) is 146 Å². The molecule has 0 heterocycles. The molecule has 6 aromatic rings. The van der Waals surface area contributed by atoms with Crippen LogP contribution in [0.5, 0.6) is 11.5 Å². The number of esters is 6. The fraction of sp³-hybridized carbons (Fsp3) is 0. The van der Waals surface area contributed by atoms with E-state index in [-0.39, 0.29) is 130 Å². The molecule has 0 atom stereocenters. The predicted octanol–water partition coefficient (Wildman–Crippen LogP) is 4.02. The third kappa shape index (κ3) is 12.7. The minimum atomic E-state index is -1.28. The van der Waals surface area contributed by atoms with Crippen molar-refractivity contribution in [3.8, 4) is 11.5 Å². The topological polar surface area (TPSA) is 139 Å². The van der Waals surface area contributed by atoms with Gasteiger partial charge in [-0.05, 0) is 68.7 Å². The zero-order chi connectivity index (χ0) is 35.0. The molecule has 0 spiro atoms. The molecule has 0 radical (unpaired) electrons. The van der Waals surface area contributed by atoms with Crippen LogP contribution in [0.1, 0.15) is 0 Å². The van der Waals surface area contributed by atoms with E-state index in [1.54, 1.807) is 24.3 Å². The molecule has 0 aliphatic rings. The van der Waals surface area contributed by atoms with E-state index in [4.69, 9.17) is 9.47 Å². The summed E-state index contributed by atoms with van der Waals surface area (Å²) in [6.07, 6.45) is 4.02. The van der Waals surface area contributed by atoms with Gasteiger partial charge in [0.05, 0.1) is 0 Å². The van der Waals surface area contributed by atoms with Crippen molar-refractivity contribution in [2.24, 2.45) is 0 Å². The fourth-order valence-electron chi connectivity index (χ4n) is 5.08. The molecule has 0 N–H and O–H groups in total. The Morgan fingerprint density at radius 2 is 0.611 bits per heavy atom. The molecule has 252 valence electrons. The van der Waals surface area contributed by atoms with Crippen LogP contribution in [0.3, 0.4) is 0 Å². The van der Waals surface area contributed by atoms with Gasteiger partial charge in [0.1, 0.15) is 11.5 Å². The summed E-state index contributed by atoms with van der Waals surface area (Å²) in [6.45, 7) is 0. The van der Waals surface area contributed by atoms with Gasteiger partial charge in [-0.3, -0.25) is 0 Å². The van der Waals surface area contributed by atoms with E-state index >= 15 is 0 Å². The van der Waals surface area contributed by atoms with Crippen LogP contribution in [-0.2, 0) is 38.2 Å². The van der Waals surface area contributed by atoms with Crippen molar-refractivity contribution in [3.63, 3.8) is 0 Å². The molecule has 54 heavy (non-hydrogen) atoms. The van der Waals surface area contributed by atoms with Crippen molar-refractivity contribution in [1.29, 1.82) is 0 Å². The van der Waals surface area contributed by atoms with E-state index in [9.17, 15) is 28.8 Å². The van der Waals surface area contributed by atoms with Crippen LogP contribution in [0.4, 0.5) is 0 Å². The van der Waals surface area contributed by atoms with Gasteiger partial charge in [0.15, 0.2) is 0 Å². The second-order valence-electron chi connectivity index (χ2n) is 10.7. The van der Waals surface area contributed by atoms with E-state index in [2.05, 4.69) is 9.47 Å². The molecular formula is C40H28Na4O10. The zero-order valence-electron chi connectivity index (χ0n) is 25.9. The second kappa shape index (κ2) is 22.4. The molecule has 0 saturated heterocycles. The van der Waals surface area contributed by atoms with Crippen molar-refractivity contribution in [2.45, 2.75) is 0 Å². The van der Waals surface area contributed by atoms with Crippen LogP contribution < -0.4 is 9.47 Å². The molecule has 14 heteroatoms. The van der Waals surface area contributed by atoms with Gasteiger partial charge in [-0.2, -0.15) is 0 Å². The summed E-state index contributed by atoms with van der Waals surface area (Å²) >= 11 is 0. The Labute approximate surface area is 397 Å². The predicted molar refractivity (Wildman–Crippen MR) is 212 cm³/mol. The number of carbonyl (C=O) groups excluding carboxylic acids is 6. The van der Waals surface area contributed by atoms with E-state index in [0.29, 0.717) is 35.1 Å². The number of carbonyl (C=O) groups is 6. The number of hydrogen-bond donors (Lipinski definition) is 0. The van der Waals surface area contributed by atoms with Crippen LogP contribution in [0.15, 0.2) is 146 Å². The minimum absolute atomic E-state index is 0. The molecule has 0 saturated carbocycles. The molecular weight excluding hydrogens is 732 g/mol. The number of ether oxygens (including phenoxy) is 4. The summed E-state index contributed by atoms with van der Waals surface area (Å²) in [5.74, 6) is -6.23. The van der Waals surface area contributed by atoms with Crippen LogP contribution in [0.25, 0.3) is 43.1 Å². The Hall–Kier alpha value is -3.20. The van der Waals surface area contributed by atoms with E-state index in [0.717, 1.165) is 44.5 Å². The summed E-state index contributed by atoms with van der Waals surface area (Å²) in [5.41, 5.74) is 0. The monoisotopic (exact) mass is 760 g/mol. The standard InChI is InChI=1S/C40H24O10.4Na.4H/c41-35(47-33-13-5-11-29-21-25-7-1-3-9-27(25)23-31(29)33)15-17-37(43)49-39(45)19-20-40(46)50-38(44)18-16-36(42)48-34-14-6-12-30-22-26-8-2-4-10-28(26)24-32(30)34;;;;;;;;/h1-24H;;;;;;;;/b17-15+,18-16+,20-19+;;;;;;;;. The summed E-state index contributed by atoms with van der Waals surface area (Å²) < 4.78 is 19.7. The molecule has 0 unspecified atom stereocenters. The first kappa shape index (κ1) is 47.0. The normalized spacial score (nSPS) is 10.6. The van der Waals surface area contributed by atoms with Crippen LogP contribution in [0, 0.1) is 0 Å². The molecule has 6 rings (SSSR count). The summed E-state index contributed by atoms with van der Waals surface area (Å²) in [6, 6.07) is 33.5.